The SMILES string of the molecule is Cc1ccc(NS(=O)(=O)/C(C#N)=C/c2ccccc2Cl)c(C)c1. The van der Waals surface area contributed by atoms with Crippen molar-refractivity contribution in [3.05, 3.63) is 69.1 Å². The van der Waals surface area contributed by atoms with E-state index < -0.39 is 14.9 Å². The van der Waals surface area contributed by atoms with Crippen molar-refractivity contribution in [2.75, 3.05) is 4.72 Å². The van der Waals surface area contributed by atoms with Gasteiger partial charge in [0.05, 0.1) is 5.69 Å². The number of nitriles is 1. The van der Waals surface area contributed by atoms with Crippen molar-refractivity contribution in [1.82, 2.24) is 0 Å². The standard InChI is InChI=1S/C17H15ClN2O2S/c1-12-7-8-17(13(2)9-12)20-23(21,22)15(11-19)10-14-5-3-4-6-16(14)18/h3-10,20H,1-2H3/b15-10+. The first-order chi connectivity index (χ1) is 10.8. The van der Waals surface area contributed by atoms with Gasteiger partial charge in [0, 0.05) is 5.02 Å². The van der Waals surface area contributed by atoms with Crippen LogP contribution >= 0.6 is 11.6 Å². The summed E-state index contributed by atoms with van der Waals surface area (Å²) in [4.78, 5) is -0.398. The minimum absolute atomic E-state index is 0.377. The highest BCUT2D eigenvalue weighted by molar-refractivity contribution is 7.97. The fourth-order valence-electron chi connectivity index (χ4n) is 2.03. The Morgan fingerprint density at radius 1 is 1.22 bits per heavy atom. The van der Waals surface area contributed by atoms with E-state index in [2.05, 4.69) is 4.72 Å². The molecule has 2 aromatic rings. The molecule has 1 N–H and O–H groups in total. The molecule has 0 saturated heterocycles. The van der Waals surface area contributed by atoms with E-state index in [9.17, 15) is 13.7 Å². The average Bonchev–Trinajstić information content (AvgIpc) is 2.49. The van der Waals surface area contributed by atoms with Gasteiger partial charge in [0.25, 0.3) is 10.0 Å². The van der Waals surface area contributed by atoms with Gasteiger partial charge in [-0.3, -0.25) is 4.72 Å². The van der Waals surface area contributed by atoms with Gasteiger partial charge in [-0.2, -0.15) is 5.26 Å². The first-order valence-electron chi connectivity index (χ1n) is 6.80. The van der Waals surface area contributed by atoms with Gasteiger partial charge in [0.2, 0.25) is 0 Å². The lowest BCUT2D eigenvalue weighted by molar-refractivity contribution is 0.608. The lowest BCUT2D eigenvalue weighted by Crippen LogP contribution is -2.15. The molecule has 2 rings (SSSR count). The van der Waals surface area contributed by atoms with Crippen LogP contribution in [-0.2, 0) is 10.0 Å². The lowest BCUT2D eigenvalue weighted by Gasteiger charge is -2.10. The van der Waals surface area contributed by atoms with E-state index in [1.807, 2.05) is 13.0 Å². The normalized spacial score (nSPS) is 11.8. The van der Waals surface area contributed by atoms with E-state index in [1.165, 1.54) is 6.08 Å². The second kappa shape index (κ2) is 6.86. The van der Waals surface area contributed by atoms with E-state index in [4.69, 9.17) is 11.6 Å². The monoisotopic (exact) mass is 346 g/mol. The number of halogens is 1. The molecular formula is C17H15ClN2O2S. The van der Waals surface area contributed by atoms with Gasteiger partial charge in [-0.1, -0.05) is 47.5 Å². The number of nitrogens with one attached hydrogen (secondary N) is 1. The zero-order valence-electron chi connectivity index (χ0n) is 12.7. The van der Waals surface area contributed by atoms with Crippen molar-refractivity contribution in [2.45, 2.75) is 13.8 Å². The Labute approximate surface area is 141 Å². The zero-order valence-corrected chi connectivity index (χ0v) is 14.2. The van der Waals surface area contributed by atoms with E-state index in [0.29, 0.717) is 16.3 Å². The van der Waals surface area contributed by atoms with Gasteiger partial charge in [0.1, 0.15) is 6.07 Å². The summed E-state index contributed by atoms with van der Waals surface area (Å²) >= 11 is 6.01. The summed E-state index contributed by atoms with van der Waals surface area (Å²) < 4.78 is 27.3. The first-order valence-corrected chi connectivity index (χ1v) is 8.66. The first kappa shape index (κ1) is 17.1. The van der Waals surface area contributed by atoms with Gasteiger partial charge in [-0.15, -0.1) is 0 Å². The van der Waals surface area contributed by atoms with Gasteiger partial charge >= 0.3 is 0 Å². The molecule has 0 fully saturated rings. The number of anilines is 1. The Balaban J connectivity index is 2.41. The molecule has 0 spiro atoms. The third-order valence-electron chi connectivity index (χ3n) is 3.22. The Kier molecular flexibility index (Phi) is 5.09. The maximum atomic E-state index is 12.4. The molecule has 0 heterocycles. The smallest absolute Gasteiger partial charge is 0.272 e. The van der Waals surface area contributed by atoms with Gasteiger partial charge in [0.15, 0.2) is 4.91 Å². The second-order valence-corrected chi connectivity index (χ2v) is 7.12. The molecule has 0 saturated carbocycles. The van der Waals surface area contributed by atoms with E-state index in [1.54, 1.807) is 49.4 Å². The maximum absolute atomic E-state index is 12.4. The molecule has 0 aromatic heterocycles. The van der Waals surface area contributed by atoms with Crippen LogP contribution in [0.4, 0.5) is 5.69 Å². The minimum atomic E-state index is -3.98. The van der Waals surface area contributed by atoms with Crippen LogP contribution < -0.4 is 4.72 Å². The molecule has 0 aliphatic rings. The number of benzene rings is 2. The van der Waals surface area contributed by atoms with Crippen molar-refractivity contribution in [1.29, 1.82) is 5.26 Å². The number of hydrogen-bond donors (Lipinski definition) is 1. The van der Waals surface area contributed by atoms with Crippen molar-refractivity contribution >= 4 is 33.4 Å². The topological polar surface area (TPSA) is 70.0 Å². The highest BCUT2D eigenvalue weighted by atomic mass is 35.5. The highest BCUT2D eigenvalue weighted by Gasteiger charge is 2.19. The molecule has 0 bridgehead atoms. The van der Waals surface area contributed by atoms with Crippen LogP contribution in [0, 0.1) is 25.2 Å². The fraction of sp³-hybridized carbons (Fsp3) is 0.118. The molecule has 0 aliphatic heterocycles. The number of nitrogens with zero attached hydrogens (tertiary/aromatic N) is 1. The molecule has 4 nitrogen and oxygen atoms in total. The molecule has 6 heteroatoms. The van der Waals surface area contributed by atoms with Crippen molar-refractivity contribution in [2.24, 2.45) is 0 Å². The summed E-state index contributed by atoms with van der Waals surface area (Å²) in [5.74, 6) is 0. The second-order valence-electron chi connectivity index (χ2n) is 5.07. The molecule has 2 aromatic carbocycles. The number of allylic oxidation sites excluding steroid dienone is 1. The number of rotatable bonds is 4. The maximum Gasteiger partial charge on any atom is 0.272 e. The third-order valence-corrected chi connectivity index (χ3v) is 4.84. The minimum Gasteiger partial charge on any atom is -0.279 e. The molecule has 118 valence electrons. The summed E-state index contributed by atoms with van der Waals surface area (Å²) in [5.41, 5.74) is 2.72. The Morgan fingerprint density at radius 2 is 1.91 bits per heavy atom. The number of aryl methyl sites for hydroxylation is 2. The molecule has 0 aliphatic carbocycles. The van der Waals surface area contributed by atoms with Crippen LogP contribution in [0.25, 0.3) is 6.08 Å². The van der Waals surface area contributed by atoms with Crippen molar-refractivity contribution in [3.63, 3.8) is 0 Å². The molecule has 0 unspecified atom stereocenters. The summed E-state index contributed by atoms with van der Waals surface area (Å²) in [7, 11) is -3.98. The average molecular weight is 347 g/mol. The Bertz CT molecular complexity index is 912. The van der Waals surface area contributed by atoms with Crippen LogP contribution in [0.2, 0.25) is 5.02 Å². The third kappa shape index (κ3) is 4.13. The van der Waals surface area contributed by atoms with E-state index in [-0.39, 0.29) is 0 Å². The van der Waals surface area contributed by atoms with Gasteiger partial charge < -0.3 is 0 Å². The molecule has 0 atom stereocenters. The quantitative estimate of drug-likeness (QED) is 0.841. The van der Waals surface area contributed by atoms with Crippen molar-refractivity contribution < 1.29 is 8.42 Å². The summed E-state index contributed by atoms with van der Waals surface area (Å²) in [6.07, 6.45) is 1.26. The molecule has 0 radical (unpaired) electrons. The number of hydrogen-bond acceptors (Lipinski definition) is 3. The van der Waals surface area contributed by atoms with Crippen LogP contribution in [-0.4, -0.2) is 8.42 Å². The summed E-state index contributed by atoms with van der Waals surface area (Å²) in [6, 6.07) is 13.8. The molecule has 23 heavy (non-hydrogen) atoms. The van der Waals surface area contributed by atoms with Crippen LogP contribution in [0.5, 0.6) is 0 Å². The largest absolute Gasteiger partial charge is 0.279 e. The predicted molar refractivity (Wildman–Crippen MR) is 93.5 cm³/mol. The fourth-order valence-corrected chi connectivity index (χ4v) is 3.25. The van der Waals surface area contributed by atoms with Gasteiger partial charge in [-0.25, -0.2) is 8.42 Å². The summed E-state index contributed by atoms with van der Waals surface area (Å²) in [5, 5.41) is 9.60. The molecular weight excluding hydrogens is 332 g/mol. The highest BCUT2D eigenvalue weighted by Crippen LogP contribution is 2.23. The van der Waals surface area contributed by atoms with Crippen molar-refractivity contribution in [3.8, 4) is 6.07 Å². The van der Waals surface area contributed by atoms with E-state index in [0.717, 1.165) is 11.1 Å². The van der Waals surface area contributed by atoms with Gasteiger partial charge in [-0.05, 0) is 43.2 Å². The van der Waals surface area contributed by atoms with Crippen LogP contribution in [0.15, 0.2) is 47.4 Å². The number of sulfonamides is 1. The van der Waals surface area contributed by atoms with Crippen LogP contribution in [0.3, 0.4) is 0 Å². The zero-order chi connectivity index (χ0) is 17.0. The van der Waals surface area contributed by atoms with Crippen LogP contribution in [0.1, 0.15) is 16.7 Å². The van der Waals surface area contributed by atoms with E-state index >= 15 is 0 Å². The lowest BCUT2D eigenvalue weighted by atomic mass is 10.1. The Morgan fingerprint density at radius 3 is 2.52 bits per heavy atom. The Hall–Kier alpha value is -2.29. The summed E-state index contributed by atoms with van der Waals surface area (Å²) in [6.45, 7) is 3.72. The molecule has 0 amide bonds. The predicted octanol–water partition coefficient (Wildman–Crippen LogP) is 4.26.